The van der Waals surface area contributed by atoms with Gasteiger partial charge in [0.05, 0.1) is 17.7 Å². The van der Waals surface area contributed by atoms with Crippen LogP contribution in [-0.4, -0.2) is 32.2 Å². The van der Waals surface area contributed by atoms with Gasteiger partial charge in [-0.15, -0.1) is 0 Å². The van der Waals surface area contributed by atoms with E-state index >= 15 is 0 Å². The molecule has 0 aliphatic carbocycles. The van der Waals surface area contributed by atoms with Crippen LogP contribution in [0.15, 0.2) is 23.4 Å². The molecule has 0 radical (unpaired) electrons. The summed E-state index contributed by atoms with van der Waals surface area (Å²) in [6.07, 6.45) is 3.37. The van der Waals surface area contributed by atoms with E-state index in [0.29, 0.717) is 10.1 Å². The van der Waals surface area contributed by atoms with E-state index in [4.69, 9.17) is 12.2 Å². The van der Waals surface area contributed by atoms with E-state index in [1.807, 2.05) is 12.1 Å². The lowest BCUT2D eigenvalue weighted by Crippen LogP contribution is -2.22. The SMILES string of the molecule is O=C1CSC(=S)N1/N=C\c1ccc[nH]1. The third kappa shape index (κ3) is 1.85. The molecule has 1 aliphatic rings. The maximum Gasteiger partial charge on any atom is 0.259 e. The molecule has 1 aromatic rings. The molecule has 2 heterocycles. The first-order valence-electron chi connectivity index (χ1n) is 3.94. The molecule has 1 fully saturated rings. The van der Waals surface area contributed by atoms with Gasteiger partial charge in [-0.2, -0.15) is 10.1 Å². The number of nitrogens with zero attached hydrogens (tertiary/aromatic N) is 2. The Hall–Kier alpha value is -1.14. The summed E-state index contributed by atoms with van der Waals surface area (Å²) >= 11 is 6.29. The van der Waals surface area contributed by atoms with Crippen LogP contribution in [0, 0.1) is 0 Å². The highest BCUT2D eigenvalue weighted by Gasteiger charge is 2.25. The topological polar surface area (TPSA) is 48.5 Å². The highest BCUT2D eigenvalue weighted by atomic mass is 32.2. The van der Waals surface area contributed by atoms with Gasteiger partial charge in [-0.3, -0.25) is 4.79 Å². The average Bonchev–Trinajstić information content (AvgIpc) is 2.76. The minimum Gasteiger partial charge on any atom is -0.360 e. The van der Waals surface area contributed by atoms with E-state index in [-0.39, 0.29) is 5.91 Å². The van der Waals surface area contributed by atoms with Crippen molar-refractivity contribution in [3.8, 4) is 0 Å². The Morgan fingerprint density at radius 2 is 2.57 bits per heavy atom. The lowest BCUT2D eigenvalue weighted by atomic mass is 10.5. The maximum atomic E-state index is 11.2. The molecule has 0 aromatic carbocycles. The van der Waals surface area contributed by atoms with E-state index in [1.165, 1.54) is 16.8 Å². The molecule has 0 bridgehead atoms. The van der Waals surface area contributed by atoms with Crippen molar-refractivity contribution >= 4 is 40.4 Å². The Morgan fingerprint density at radius 1 is 1.71 bits per heavy atom. The Labute approximate surface area is 90.4 Å². The quantitative estimate of drug-likeness (QED) is 0.608. The van der Waals surface area contributed by atoms with E-state index in [2.05, 4.69) is 10.1 Å². The Bertz CT molecular complexity index is 369. The minimum atomic E-state index is -0.0668. The van der Waals surface area contributed by atoms with Gasteiger partial charge < -0.3 is 4.98 Å². The zero-order valence-corrected chi connectivity index (χ0v) is 8.77. The average molecular weight is 225 g/mol. The van der Waals surface area contributed by atoms with Crippen molar-refractivity contribution in [1.29, 1.82) is 0 Å². The van der Waals surface area contributed by atoms with Gasteiger partial charge in [-0.05, 0) is 12.1 Å². The van der Waals surface area contributed by atoms with Gasteiger partial charge in [0.2, 0.25) is 0 Å². The molecular formula is C8H7N3OS2. The first kappa shape index (κ1) is 9.42. The number of hydrogen-bond donors (Lipinski definition) is 1. The molecule has 1 aromatic heterocycles. The normalized spacial score (nSPS) is 17.3. The predicted octanol–water partition coefficient (Wildman–Crippen LogP) is 1.21. The van der Waals surface area contributed by atoms with Crippen LogP contribution < -0.4 is 0 Å². The molecule has 0 unspecified atom stereocenters. The first-order valence-corrected chi connectivity index (χ1v) is 5.34. The molecule has 0 atom stereocenters. The van der Waals surface area contributed by atoms with Gasteiger partial charge in [-0.25, -0.2) is 0 Å². The standard InChI is InChI=1S/C8H7N3OS2/c12-7-5-14-8(13)11(7)10-4-6-2-1-3-9-6/h1-4,9H,5H2/b10-4-. The lowest BCUT2D eigenvalue weighted by molar-refractivity contribution is -0.123. The van der Waals surface area contributed by atoms with Crippen LogP contribution in [0.3, 0.4) is 0 Å². The monoisotopic (exact) mass is 225 g/mol. The van der Waals surface area contributed by atoms with Gasteiger partial charge in [0, 0.05) is 6.20 Å². The van der Waals surface area contributed by atoms with Gasteiger partial charge in [0.1, 0.15) is 0 Å². The molecule has 0 spiro atoms. The summed E-state index contributed by atoms with van der Waals surface area (Å²) in [5, 5.41) is 5.24. The molecule has 1 amide bonds. The van der Waals surface area contributed by atoms with E-state index in [9.17, 15) is 4.79 Å². The molecule has 2 rings (SSSR count). The zero-order chi connectivity index (χ0) is 9.97. The highest BCUT2D eigenvalue weighted by molar-refractivity contribution is 8.23. The summed E-state index contributed by atoms with van der Waals surface area (Å²) in [5.41, 5.74) is 0.845. The summed E-state index contributed by atoms with van der Waals surface area (Å²) in [6, 6.07) is 3.72. The second-order valence-corrected chi connectivity index (χ2v) is 4.24. The number of thioether (sulfide) groups is 1. The van der Waals surface area contributed by atoms with Crippen molar-refractivity contribution in [2.24, 2.45) is 5.10 Å². The molecule has 4 nitrogen and oxygen atoms in total. The lowest BCUT2D eigenvalue weighted by Gasteiger charge is -2.05. The summed E-state index contributed by atoms with van der Waals surface area (Å²) in [4.78, 5) is 14.2. The minimum absolute atomic E-state index is 0.0668. The fraction of sp³-hybridized carbons (Fsp3) is 0.125. The number of carbonyl (C=O) groups excluding carboxylic acids is 1. The van der Waals surface area contributed by atoms with Gasteiger partial charge in [0.25, 0.3) is 5.91 Å². The van der Waals surface area contributed by atoms with Crippen molar-refractivity contribution in [1.82, 2.24) is 9.99 Å². The van der Waals surface area contributed by atoms with Crippen LogP contribution in [0.1, 0.15) is 5.69 Å². The summed E-state index contributed by atoms with van der Waals surface area (Å²) < 4.78 is 0.512. The fourth-order valence-corrected chi connectivity index (χ4v) is 1.97. The number of nitrogens with one attached hydrogen (secondary N) is 1. The zero-order valence-electron chi connectivity index (χ0n) is 7.14. The smallest absolute Gasteiger partial charge is 0.259 e. The third-order valence-corrected chi connectivity index (χ3v) is 3.00. The third-order valence-electron chi connectivity index (χ3n) is 1.66. The second kappa shape index (κ2) is 3.93. The van der Waals surface area contributed by atoms with E-state index in [1.54, 1.807) is 12.4 Å². The van der Waals surface area contributed by atoms with Crippen LogP contribution in [0.2, 0.25) is 0 Å². The molecular weight excluding hydrogens is 218 g/mol. The van der Waals surface area contributed by atoms with Crippen LogP contribution >= 0.6 is 24.0 Å². The number of hydrogen-bond acceptors (Lipinski definition) is 4. The maximum absolute atomic E-state index is 11.2. The largest absolute Gasteiger partial charge is 0.360 e. The van der Waals surface area contributed by atoms with Crippen molar-refractivity contribution in [2.45, 2.75) is 0 Å². The van der Waals surface area contributed by atoms with Crippen molar-refractivity contribution < 1.29 is 4.79 Å². The summed E-state index contributed by atoms with van der Waals surface area (Å²) in [6.45, 7) is 0. The Balaban J connectivity index is 2.10. The summed E-state index contributed by atoms with van der Waals surface area (Å²) in [5.74, 6) is 0.323. The second-order valence-electron chi connectivity index (χ2n) is 2.63. The van der Waals surface area contributed by atoms with Crippen molar-refractivity contribution in [3.63, 3.8) is 0 Å². The number of thiocarbonyl (C=S) groups is 1. The predicted molar refractivity (Wildman–Crippen MR) is 60.3 cm³/mol. The van der Waals surface area contributed by atoms with Crippen LogP contribution in [0.5, 0.6) is 0 Å². The van der Waals surface area contributed by atoms with Gasteiger partial charge >= 0.3 is 0 Å². The Kier molecular flexibility index (Phi) is 2.64. The van der Waals surface area contributed by atoms with Crippen LogP contribution in [-0.2, 0) is 4.79 Å². The van der Waals surface area contributed by atoms with Gasteiger partial charge in [-0.1, -0.05) is 24.0 Å². The summed E-state index contributed by atoms with van der Waals surface area (Å²) in [7, 11) is 0. The molecule has 1 N–H and O–H groups in total. The Morgan fingerprint density at radius 3 is 3.14 bits per heavy atom. The van der Waals surface area contributed by atoms with Crippen LogP contribution in [0.4, 0.5) is 0 Å². The molecule has 0 saturated carbocycles. The van der Waals surface area contributed by atoms with E-state index in [0.717, 1.165) is 5.69 Å². The van der Waals surface area contributed by atoms with Crippen LogP contribution in [0.25, 0.3) is 0 Å². The van der Waals surface area contributed by atoms with Gasteiger partial charge in [0.15, 0.2) is 4.32 Å². The van der Waals surface area contributed by atoms with E-state index < -0.39 is 0 Å². The first-order chi connectivity index (χ1) is 6.77. The number of hydrazone groups is 1. The van der Waals surface area contributed by atoms with Crippen molar-refractivity contribution in [3.05, 3.63) is 24.0 Å². The molecule has 6 heteroatoms. The molecule has 1 aliphatic heterocycles. The molecule has 72 valence electrons. The highest BCUT2D eigenvalue weighted by Crippen LogP contribution is 2.19. The molecule has 14 heavy (non-hydrogen) atoms. The number of carbonyl (C=O) groups is 1. The molecule has 1 saturated heterocycles. The van der Waals surface area contributed by atoms with Crippen molar-refractivity contribution in [2.75, 3.05) is 5.75 Å². The number of rotatable bonds is 2. The fourth-order valence-electron chi connectivity index (χ4n) is 1.00. The number of amides is 1. The number of aromatic nitrogens is 1. The number of H-pyrrole nitrogens is 1. The number of aromatic amines is 1.